The molecular weight excluding hydrogens is 284 g/mol. The number of carbonyl (C=O) groups is 1. The third kappa shape index (κ3) is 2.98. The van der Waals surface area contributed by atoms with Gasteiger partial charge in [0.25, 0.3) is 0 Å². The van der Waals surface area contributed by atoms with Gasteiger partial charge in [0.1, 0.15) is 0 Å². The second kappa shape index (κ2) is 5.54. The molecule has 3 aromatic carbocycles. The maximum atomic E-state index is 11.0. The SMILES string of the molecule is CC(C)(C)c1ccc2c(-c3ccc(C(=O)O)cc3)cccc2c1. The van der Waals surface area contributed by atoms with Crippen LogP contribution in [0.25, 0.3) is 21.9 Å². The van der Waals surface area contributed by atoms with Crippen molar-refractivity contribution in [2.45, 2.75) is 26.2 Å². The van der Waals surface area contributed by atoms with Crippen molar-refractivity contribution in [3.05, 3.63) is 71.8 Å². The zero-order chi connectivity index (χ0) is 16.6. The van der Waals surface area contributed by atoms with Gasteiger partial charge in [-0.05, 0) is 45.0 Å². The van der Waals surface area contributed by atoms with Crippen LogP contribution in [0, 0.1) is 0 Å². The molecule has 0 saturated heterocycles. The summed E-state index contributed by atoms with van der Waals surface area (Å²) in [5, 5.41) is 11.4. The molecule has 2 heteroatoms. The van der Waals surface area contributed by atoms with E-state index in [4.69, 9.17) is 5.11 Å². The van der Waals surface area contributed by atoms with Crippen molar-refractivity contribution in [3.8, 4) is 11.1 Å². The van der Waals surface area contributed by atoms with Crippen molar-refractivity contribution in [1.82, 2.24) is 0 Å². The zero-order valence-electron chi connectivity index (χ0n) is 13.6. The van der Waals surface area contributed by atoms with Gasteiger partial charge in [0, 0.05) is 0 Å². The number of aromatic carboxylic acids is 1. The summed E-state index contributed by atoms with van der Waals surface area (Å²) in [6.07, 6.45) is 0. The minimum atomic E-state index is -0.899. The molecule has 3 aromatic rings. The molecule has 3 rings (SSSR count). The summed E-state index contributed by atoms with van der Waals surface area (Å²) < 4.78 is 0. The third-order valence-corrected chi connectivity index (χ3v) is 4.19. The van der Waals surface area contributed by atoms with Crippen LogP contribution in [-0.4, -0.2) is 11.1 Å². The summed E-state index contributed by atoms with van der Waals surface area (Å²) in [4.78, 5) is 11.0. The quantitative estimate of drug-likeness (QED) is 0.678. The molecule has 0 aliphatic carbocycles. The minimum absolute atomic E-state index is 0.118. The Bertz CT molecular complexity index is 868. The molecule has 0 unspecified atom stereocenters. The Morgan fingerprint density at radius 3 is 2.22 bits per heavy atom. The molecule has 0 aliphatic rings. The first-order valence-corrected chi connectivity index (χ1v) is 7.73. The van der Waals surface area contributed by atoms with E-state index in [0.717, 1.165) is 11.1 Å². The second-order valence-electron chi connectivity index (χ2n) is 6.87. The Kier molecular flexibility index (Phi) is 3.69. The first kappa shape index (κ1) is 15.3. The van der Waals surface area contributed by atoms with E-state index in [0.29, 0.717) is 5.56 Å². The normalized spacial score (nSPS) is 11.6. The number of fused-ring (bicyclic) bond motifs is 1. The topological polar surface area (TPSA) is 37.3 Å². The maximum Gasteiger partial charge on any atom is 0.335 e. The van der Waals surface area contributed by atoms with Crippen LogP contribution in [0.15, 0.2) is 60.7 Å². The van der Waals surface area contributed by atoms with Gasteiger partial charge in [0.05, 0.1) is 5.56 Å². The van der Waals surface area contributed by atoms with Crippen LogP contribution in [0.5, 0.6) is 0 Å². The van der Waals surface area contributed by atoms with E-state index in [2.05, 4.69) is 57.2 Å². The van der Waals surface area contributed by atoms with Crippen LogP contribution in [0.3, 0.4) is 0 Å². The highest BCUT2D eigenvalue weighted by Crippen LogP contribution is 2.32. The average Bonchev–Trinajstić information content (AvgIpc) is 2.53. The van der Waals surface area contributed by atoms with Crippen molar-refractivity contribution >= 4 is 16.7 Å². The van der Waals surface area contributed by atoms with Crippen molar-refractivity contribution in [2.75, 3.05) is 0 Å². The first-order valence-electron chi connectivity index (χ1n) is 7.73. The summed E-state index contributed by atoms with van der Waals surface area (Å²) in [5.74, 6) is -0.899. The summed E-state index contributed by atoms with van der Waals surface area (Å²) >= 11 is 0. The van der Waals surface area contributed by atoms with Gasteiger partial charge < -0.3 is 5.11 Å². The number of carboxylic acid groups (broad SMARTS) is 1. The molecule has 1 N–H and O–H groups in total. The standard InChI is InChI=1S/C21H20O2/c1-21(2,3)17-11-12-19-16(13-17)5-4-6-18(19)14-7-9-15(10-8-14)20(22)23/h4-13H,1-3H3,(H,22,23). The molecular formula is C21H20O2. The van der Waals surface area contributed by atoms with E-state index in [-0.39, 0.29) is 5.41 Å². The molecule has 2 nitrogen and oxygen atoms in total. The lowest BCUT2D eigenvalue weighted by Crippen LogP contribution is -2.10. The molecule has 0 amide bonds. The van der Waals surface area contributed by atoms with E-state index in [1.807, 2.05) is 12.1 Å². The average molecular weight is 304 g/mol. The number of hydrogen-bond donors (Lipinski definition) is 1. The van der Waals surface area contributed by atoms with Gasteiger partial charge in [-0.15, -0.1) is 0 Å². The van der Waals surface area contributed by atoms with Gasteiger partial charge in [-0.25, -0.2) is 4.79 Å². The van der Waals surface area contributed by atoms with E-state index < -0.39 is 5.97 Å². The van der Waals surface area contributed by atoms with E-state index in [1.165, 1.54) is 16.3 Å². The maximum absolute atomic E-state index is 11.0. The van der Waals surface area contributed by atoms with Crippen molar-refractivity contribution in [1.29, 1.82) is 0 Å². The molecule has 0 radical (unpaired) electrons. The Labute approximate surface area is 136 Å². The lowest BCUT2D eigenvalue weighted by Gasteiger charge is -2.20. The third-order valence-electron chi connectivity index (χ3n) is 4.19. The monoisotopic (exact) mass is 304 g/mol. The molecule has 116 valence electrons. The van der Waals surface area contributed by atoms with Gasteiger partial charge >= 0.3 is 5.97 Å². The van der Waals surface area contributed by atoms with Gasteiger partial charge in [0.2, 0.25) is 0 Å². The first-order chi connectivity index (χ1) is 10.9. The Morgan fingerprint density at radius 1 is 0.913 bits per heavy atom. The lowest BCUT2D eigenvalue weighted by atomic mass is 9.85. The molecule has 0 aromatic heterocycles. The molecule has 0 bridgehead atoms. The summed E-state index contributed by atoms with van der Waals surface area (Å²) in [6.45, 7) is 6.63. The van der Waals surface area contributed by atoms with Crippen molar-refractivity contribution in [2.24, 2.45) is 0 Å². The predicted octanol–water partition coefficient (Wildman–Crippen LogP) is 5.50. The van der Waals surface area contributed by atoms with Gasteiger partial charge in [-0.3, -0.25) is 0 Å². The Morgan fingerprint density at radius 2 is 1.61 bits per heavy atom. The van der Waals surface area contributed by atoms with Crippen LogP contribution in [0.1, 0.15) is 36.7 Å². The highest BCUT2D eigenvalue weighted by atomic mass is 16.4. The fraction of sp³-hybridized carbons (Fsp3) is 0.190. The molecule has 23 heavy (non-hydrogen) atoms. The molecule has 0 aliphatic heterocycles. The second-order valence-corrected chi connectivity index (χ2v) is 6.87. The van der Waals surface area contributed by atoms with E-state index in [9.17, 15) is 4.79 Å². The van der Waals surface area contributed by atoms with E-state index in [1.54, 1.807) is 12.1 Å². The zero-order valence-corrected chi connectivity index (χ0v) is 13.6. The largest absolute Gasteiger partial charge is 0.478 e. The Hall–Kier alpha value is -2.61. The summed E-state index contributed by atoms with van der Waals surface area (Å²) in [7, 11) is 0. The van der Waals surface area contributed by atoms with Crippen molar-refractivity contribution in [3.63, 3.8) is 0 Å². The highest BCUT2D eigenvalue weighted by Gasteiger charge is 2.14. The van der Waals surface area contributed by atoms with E-state index >= 15 is 0 Å². The lowest BCUT2D eigenvalue weighted by molar-refractivity contribution is 0.0697. The molecule has 0 heterocycles. The van der Waals surface area contributed by atoms with Gasteiger partial charge in [-0.1, -0.05) is 69.3 Å². The smallest absolute Gasteiger partial charge is 0.335 e. The van der Waals surface area contributed by atoms with Crippen LogP contribution >= 0.6 is 0 Å². The van der Waals surface area contributed by atoms with Crippen LogP contribution < -0.4 is 0 Å². The number of rotatable bonds is 2. The van der Waals surface area contributed by atoms with Crippen LogP contribution in [-0.2, 0) is 5.41 Å². The highest BCUT2D eigenvalue weighted by molar-refractivity contribution is 5.97. The fourth-order valence-corrected chi connectivity index (χ4v) is 2.79. The van der Waals surface area contributed by atoms with Crippen molar-refractivity contribution < 1.29 is 9.90 Å². The predicted molar refractivity (Wildman–Crippen MR) is 95.0 cm³/mol. The van der Waals surface area contributed by atoms with Crippen LogP contribution in [0.4, 0.5) is 0 Å². The molecule has 0 spiro atoms. The molecule has 0 atom stereocenters. The van der Waals surface area contributed by atoms with Crippen LogP contribution in [0.2, 0.25) is 0 Å². The molecule has 0 fully saturated rings. The fourth-order valence-electron chi connectivity index (χ4n) is 2.79. The number of benzene rings is 3. The Balaban J connectivity index is 2.13. The summed E-state index contributed by atoms with van der Waals surface area (Å²) in [6, 6.07) is 19.9. The number of hydrogen-bond acceptors (Lipinski definition) is 1. The van der Waals surface area contributed by atoms with Gasteiger partial charge in [-0.2, -0.15) is 0 Å². The number of carboxylic acids is 1. The van der Waals surface area contributed by atoms with Gasteiger partial charge in [0.15, 0.2) is 0 Å². The molecule has 0 saturated carbocycles. The minimum Gasteiger partial charge on any atom is -0.478 e. The summed E-state index contributed by atoms with van der Waals surface area (Å²) in [5.41, 5.74) is 3.89.